The molecule has 0 aliphatic heterocycles. The Morgan fingerprint density at radius 3 is 2.88 bits per heavy atom. The van der Waals surface area contributed by atoms with Crippen molar-refractivity contribution < 1.29 is 0 Å². The number of aromatic nitrogens is 1. The second-order valence-corrected chi connectivity index (χ2v) is 7.17. The summed E-state index contributed by atoms with van der Waals surface area (Å²) in [6, 6.07) is 0.685. The van der Waals surface area contributed by atoms with Gasteiger partial charge in [0.1, 0.15) is 0 Å². The van der Waals surface area contributed by atoms with Crippen LogP contribution in [0.2, 0.25) is 0 Å². The Kier molecular flexibility index (Phi) is 3.88. The first-order chi connectivity index (χ1) is 7.98. The first-order valence-corrected chi connectivity index (χ1v) is 7.48. The van der Waals surface area contributed by atoms with Gasteiger partial charge in [-0.3, -0.25) is 0 Å². The van der Waals surface area contributed by atoms with E-state index in [4.69, 9.17) is 0 Å². The number of aryl methyl sites for hydroxylation is 1. The Hall–Kier alpha value is -0.410. The topological polar surface area (TPSA) is 24.9 Å². The van der Waals surface area contributed by atoms with Gasteiger partial charge >= 0.3 is 0 Å². The minimum Gasteiger partial charge on any atom is -0.309 e. The largest absolute Gasteiger partial charge is 0.309 e. The number of nitrogens with one attached hydrogen (secondary N) is 1. The Labute approximate surface area is 109 Å². The monoisotopic (exact) mass is 252 g/mol. The molecule has 3 heteroatoms. The summed E-state index contributed by atoms with van der Waals surface area (Å²) in [5.74, 6) is 0.784. The van der Waals surface area contributed by atoms with Crippen LogP contribution in [0.1, 0.15) is 50.6 Å². The van der Waals surface area contributed by atoms with Crippen LogP contribution in [0.3, 0.4) is 0 Å². The van der Waals surface area contributed by atoms with E-state index >= 15 is 0 Å². The predicted molar refractivity (Wildman–Crippen MR) is 74.3 cm³/mol. The highest BCUT2D eigenvalue weighted by Gasteiger charge is 2.31. The highest BCUT2D eigenvalue weighted by Crippen LogP contribution is 2.38. The van der Waals surface area contributed by atoms with E-state index in [9.17, 15) is 0 Å². The van der Waals surface area contributed by atoms with Gasteiger partial charge in [0.25, 0.3) is 0 Å². The van der Waals surface area contributed by atoms with Gasteiger partial charge in [-0.2, -0.15) is 0 Å². The fourth-order valence-corrected chi connectivity index (χ4v) is 3.70. The maximum Gasteiger partial charge on any atom is 0.0798 e. The van der Waals surface area contributed by atoms with E-state index in [0.717, 1.165) is 12.5 Å². The maximum atomic E-state index is 4.30. The van der Waals surface area contributed by atoms with Gasteiger partial charge < -0.3 is 5.32 Å². The standard InChI is InChI=1S/C14H24N2S/c1-10-7-14(3,4)6-5-12(10)15-8-13-11(2)16-9-17-13/h9-10,12,15H,5-8H2,1-4H3. The molecule has 2 atom stereocenters. The first kappa shape index (κ1) is 13.0. The normalized spacial score (nSPS) is 28.2. The Balaban J connectivity index is 1.86. The lowest BCUT2D eigenvalue weighted by atomic mass is 9.70. The van der Waals surface area contributed by atoms with E-state index in [1.54, 1.807) is 11.3 Å². The van der Waals surface area contributed by atoms with Crippen molar-refractivity contribution in [2.45, 2.75) is 59.5 Å². The van der Waals surface area contributed by atoms with E-state index in [1.165, 1.54) is 29.8 Å². The third-order valence-electron chi connectivity index (χ3n) is 4.06. The fourth-order valence-electron chi connectivity index (χ4n) is 2.97. The van der Waals surface area contributed by atoms with Crippen molar-refractivity contribution in [2.24, 2.45) is 11.3 Å². The van der Waals surface area contributed by atoms with Gasteiger partial charge in [-0.1, -0.05) is 20.8 Å². The molecule has 1 aromatic heterocycles. The van der Waals surface area contributed by atoms with Crippen LogP contribution in [0.25, 0.3) is 0 Å². The molecule has 0 spiro atoms. The molecule has 1 heterocycles. The smallest absolute Gasteiger partial charge is 0.0798 e. The predicted octanol–water partition coefficient (Wildman–Crippen LogP) is 3.76. The minimum atomic E-state index is 0.540. The highest BCUT2D eigenvalue weighted by atomic mass is 32.1. The lowest BCUT2D eigenvalue weighted by molar-refractivity contribution is 0.148. The van der Waals surface area contributed by atoms with Gasteiger partial charge in [-0.15, -0.1) is 11.3 Å². The summed E-state index contributed by atoms with van der Waals surface area (Å²) in [6.45, 7) is 10.3. The summed E-state index contributed by atoms with van der Waals surface area (Å²) in [6.07, 6.45) is 4.00. The molecular weight excluding hydrogens is 228 g/mol. The molecular formula is C14H24N2S. The number of hydrogen-bond acceptors (Lipinski definition) is 3. The Morgan fingerprint density at radius 2 is 2.29 bits per heavy atom. The van der Waals surface area contributed by atoms with E-state index < -0.39 is 0 Å². The minimum absolute atomic E-state index is 0.540. The molecule has 2 rings (SSSR count). The molecule has 1 fully saturated rings. The van der Waals surface area contributed by atoms with Crippen LogP contribution in [0.15, 0.2) is 5.51 Å². The van der Waals surface area contributed by atoms with Crippen LogP contribution in [-0.2, 0) is 6.54 Å². The molecule has 0 radical (unpaired) electrons. The van der Waals surface area contributed by atoms with Crippen LogP contribution in [-0.4, -0.2) is 11.0 Å². The average molecular weight is 252 g/mol. The molecule has 1 N–H and O–H groups in total. The third kappa shape index (κ3) is 3.29. The Morgan fingerprint density at radius 1 is 1.53 bits per heavy atom. The summed E-state index contributed by atoms with van der Waals surface area (Å²) >= 11 is 1.77. The second-order valence-electron chi connectivity index (χ2n) is 6.23. The van der Waals surface area contributed by atoms with Crippen molar-refractivity contribution >= 4 is 11.3 Å². The van der Waals surface area contributed by atoms with E-state index in [-0.39, 0.29) is 0 Å². The van der Waals surface area contributed by atoms with E-state index in [1.807, 2.05) is 5.51 Å². The number of hydrogen-bond donors (Lipinski definition) is 1. The van der Waals surface area contributed by atoms with Crippen molar-refractivity contribution in [3.8, 4) is 0 Å². The van der Waals surface area contributed by atoms with Gasteiger partial charge in [0.15, 0.2) is 0 Å². The second kappa shape index (κ2) is 5.07. The Bertz CT molecular complexity index is 370. The molecule has 2 unspecified atom stereocenters. The van der Waals surface area contributed by atoms with Gasteiger partial charge in [0.2, 0.25) is 0 Å². The van der Waals surface area contributed by atoms with Gasteiger partial charge in [-0.25, -0.2) is 4.98 Å². The van der Waals surface area contributed by atoms with Crippen LogP contribution >= 0.6 is 11.3 Å². The summed E-state index contributed by atoms with van der Waals surface area (Å²) in [5.41, 5.74) is 3.67. The molecule has 1 aliphatic carbocycles. The summed E-state index contributed by atoms with van der Waals surface area (Å²) in [7, 11) is 0. The maximum absolute atomic E-state index is 4.30. The summed E-state index contributed by atoms with van der Waals surface area (Å²) in [4.78, 5) is 5.69. The zero-order chi connectivity index (χ0) is 12.5. The van der Waals surface area contributed by atoms with Crippen LogP contribution < -0.4 is 5.32 Å². The van der Waals surface area contributed by atoms with Gasteiger partial charge in [0.05, 0.1) is 11.2 Å². The molecule has 0 bridgehead atoms. The molecule has 2 nitrogen and oxygen atoms in total. The van der Waals surface area contributed by atoms with Gasteiger partial charge in [0, 0.05) is 17.5 Å². The zero-order valence-corrected chi connectivity index (χ0v) is 12.2. The van der Waals surface area contributed by atoms with Gasteiger partial charge in [-0.05, 0) is 37.5 Å². The molecule has 96 valence electrons. The quantitative estimate of drug-likeness (QED) is 0.886. The lowest BCUT2D eigenvalue weighted by Crippen LogP contribution is -2.41. The first-order valence-electron chi connectivity index (χ1n) is 6.60. The molecule has 1 aromatic rings. The molecule has 1 saturated carbocycles. The number of thiazole rings is 1. The van der Waals surface area contributed by atoms with E-state index in [0.29, 0.717) is 11.5 Å². The lowest BCUT2D eigenvalue weighted by Gasteiger charge is -2.39. The third-order valence-corrected chi connectivity index (χ3v) is 5.00. The van der Waals surface area contributed by atoms with Crippen LogP contribution in [0, 0.1) is 18.3 Å². The van der Waals surface area contributed by atoms with Crippen LogP contribution in [0.5, 0.6) is 0 Å². The molecule has 0 saturated heterocycles. The summed E-state index contributed by atoms with van der Waals surface area (Å²) < 4.78 is 0. The fraction of sp³-hybridized carbons (Fsp3) is 0.786. The zero-order valence-electron chi connectivity index (χ0n) is 11.4. The number of nitrogens with zero attached hydrogens (tertiary/aromatic N) is 1. The SMILES string of the molecule is Cc1ncsc1CNC1CCC(C)(C)CC1C. The highest BCUT2D eigenvalue weighted by molar-refractivity contribution is 7.09. The van der Waals surface area contributed by atoms with Crippen molar-refractivity contribution in [1.82, 2.24) is 10.3 Å². The average Bonchev–Trinajstić information content (AvgIpc) is 2.62. The molecule has 0 amide bonds. The van der Waals surface area contributed by atoms with Crippen molar-refractivity contribution in [2.75, 3.05) is 0 Å². The van der Waals surface area contributed by atoms with Crippen molar-refractivity contribution in [1.29, 1.82) is 0 Å². The molecule has 1 aliphatic rings. The van der Waals surface area contributed by atoms with Crippen molar-refractivity contribution in [3.05, 3.63) is 16.1 Å². The van der Waals surface area contributed by atoms with Crippen molar-refractivity contribution in [3.63, 3.8) is 0 Å². The van der Waals surface area contributed by atoms with Crippen LogP contribution in [0.4, 0.5) is 0 Å². The molecule has 17 heavy (non-hydrogen) atoms. The van der Waals surface area contributed by atoms with E-state index in [2.05, 4.69) is 38.0 Å². The summed E-state index contributed by atoms with van der Waals surface area (Å²) in [5, 5.41) is 3.72. The number of rotatable bonds is 3. The molecule has 0 aromatic carbocycles.